The summed E-state index contributed by atoms with van der Waals surface area (Å²) >= 11 is 0. The zero-order valence-corrected chi connectivity index (χ0v) is 13.2. The van der Waals surface area contributed by atoms with Gasteiger partial charge in [0.05, 0.1) is 12.2 Å². The van der Waals surface area contributed by atoms with Crippen molar-refractivity contribution in [1.82, 2.24) is 20.3 Å². The summed E-state index contributed by atoms with van der Waals surface area (Å²) in [5.41, 5.74) is 0.995. The summed E-state index contributed by atoms with van der Waals surface area (Å²) in [6.45, 7) is 15.0. The van der Waals surface area contributed by atoms with Gasteiger partial charge in [0.25, 0.3) is 0 Å². The molecule has 2 rings (SSSR count). The lowest BCUT2D eigenvalue weighted by atomic mass is 10.2. The third-order valence-electron chi connectivity index (χ3n) is 3.82. The van der Waals surface area contributed by atoms with Gasteiger partial charge in [-0.25, -0.2) is 0 Å². The zero-order chi connectivity index (χ0) is 14.5. The monoisotopic (exact) mass is 280 g/mol. The van der Waals surface area contributed by atoms with Crippen LogP contribution in [-0.4, -0.2) is 53.2 Å². The first-order valence-electron chi connectivity index (χ1n) is 7.69. The van der Waals surface area contributed by atoms with Crippen molar-refractivity contribution >= 4 is 0 Å². The number of hydrogen-bond acceptors (Lipinski definition) is 5. The largest absolute Gasteiger partial charge is 0.360 e. The van der Waals surface area contributed by atoms with E-state index in [0.29, 0.717) is 12.1 Å². The van der Waals surface area contributed by atoms with Crippen LogP contribution in [0.3, 0.4) is 0 Å². The van der Waals surface area contributed by atoms with Gasteiger partial charge in [0, 0.05) is 50.9 Å². The highest BCUT2D eigenvalue weighted by atomic mass is 16.5. The molecular weight excluding hydrogens is 252 g/mol. The molecule has 1 aromatic heterocycles. The van der Waals surface area contributed by atoms with Gasteiger partial charge in [-0.15, -0.1) is 0 Å². The van der Waals surface area contributed by atoms with Crippen LogP contribution in [0.2, 0.25) is 0 Å². The maximum absolute atomic E-state index is 5.43. The molecule has 0 atom stereocenters. The Kier molecular flexibility index (Phi) is 5.57. The van der Waals surface area contributed by atoms with E-state index in [9.17, 15) is 0 Å². The third-order valence-corrected chi connectivity index (χ3v) is 3.82. The third kappa shape index (κ3) is 4.58. The summed E-state index contributed by atoms with van der Waals surface area (Å²) in [6, 6.07) is 3.19. The Morgan fingerprint density at radius 3 is 2.50 bits per heavy atom. The summed E-state index contributed by atoms with van der Waals surface area (Å²) in [5.74, 6) is 0.976. The van der Waals surface area contributed by atoms with Crippen molar-refractivity contribution in [3.8, 4) is 0 Å². The number of aromatic nitrogens is 1. The fourth-order valence-electron chi connectivity index (χ4n) is 2.48. The Hall–Kier alpha value is -0.910. The number of nitrogens with one attached hydrogen (secondary N) is 1. The number of hydrogen-bond donors (Lipinski definition) is 1. The Balaban J connectivity index is 1.77. The van der Waals surface area contributed by atoms with Gasteiger partial charge in [-0.2, -0.15) is 0 Å². The molecule has 5 nitrogen and oxygen atoms in total. The predicted octanol–water partition coefficient (Wildman–Crippen LogP) is 1.70. The SMILES string of the molecule is CC(C)NCc1cc(CN2CCN(C(C)C)CC2)on1. The highest BCUT2D eigenvalue weighted by Gasteiger charge is 2.19. The molecule has 5 heteroatoms. The van der Waals surface area contributed by atoms with Crippen molar-refractivity contribution < 1.29 is 4.52 Å². The van der Waals surface area contributed by atoms with Crippen LogP contribution >= 0.6 is 0 Å². The zero-order valence-electron chi connectivity index (χ0n) is 13.2. The van der Waals surface area contributed by atoms with E-state index in [4.69, 9.17) is 4.52 Å². The van der Waals surface area contributed by atoms with E-state index >= 15 is 0 Å². The molecule has 0 aromatic carbocycles. The van der Waals surface area contributed by atoms with E-state index in [-0.39, 0.29) is 0 Å². The lowest BCUT2D eigenvalue weighted by Crippen LogP contribution is -2.48. The van der Waals surface area contributed by atoms with Crippen LogP contribution in [0.4, 0.5) is 0 Å². The second-order valence-electron chi connectivity index (χ2n) is 6.23. The van der Waals surface area contributed by atoms with E-state index in [1.807, 2.05) is 0 Å². The Morgan fingerprint density at radius 1 is 1.20 bits per heavy atom. The quantitative estimate of drug-likeness (QED) is 0.859. The number of nitrogens with zero attached hydrogens (tertiary/aromatic N) is 3. The summed E-state index contributed by atoms with van der Waals surface area (Å²) in [4.78, 5) is 4.97. The molecule has 0 radical (unpaired) electrons. The van der Waals surface area contributed by atoms with Crippen molar-refractivity contribution in [3.63, 3.8) is 0 Å². The lowest BCUT2D eigenvalue weighted by molar-refractivity contribution is 0.0973. The second kappa shape index (κ2) is 7.20. The molecule has 20 heavy (non-hydrogen) atoms. The first-order chi connectivity index (χ1) is 9.54. The van der Waals surface area contributed by atoms with Crippen LogP contribution in [0.1, 0.15) is 39.1 Å². The van der Waals surface area contributed by atoms with Crippen molar-refractivity contribution in [2.45, 2.75) is 52.9 Å². The van der Waals surface area contributed by atoms with E-state index in [1.54, 1.807) is 0 Å². The van der Waals surface area contributed by atoms with E-state index in [0.717, 1.165) is 50.7 Å². The van der Waals surface area contributed by atoms with E-state index in [2.05, 4.69) is 54.0 Å². The highest BCUT2D eigenvalue weighted by molar-refractivity contribution is 5.05. The van der Waals surface area contributed by atoms with Gasteiger partial charge in [-0.1, -0.05) is 19.0 Å². The Labute approximate surface area is 122 Å². The molecule has 0 amide bonds. The van der Waals surface area contributed by atoms with Gasteiger partial charge in [-0.3, -0.25) is 9.80 Å². The van der Waals surface area contributed by atoms with Gasteiger partial charge in [0.15, 0.2) is 5.76 Å². The van der Waals surface area contributed by atoms with Crippen molar-refractivity contribution in [1.29, 1.82) is 0 Å². The van der Waals surface area contributed by atoms with Gasteiger partial charge in [0.1, 0.15) is 0 Å². The van der Waals surface area contributed by atoms with Gasteiger partial charge < -0.3 is 9.84 Å². The Morgan fingerprint density at radius 2 is 1.90 bits per heavy atom. The lowest BCUT2D eigenvalue weighted by Gasteiger charge is -2.36. The molecule has 1 fully saturated rings. The molecule has 1 aliphatic heterocycles. The fourth-order valence-corrected chi connectivity index (χ4v) is 2.48. The molecule has 0 spiro atoms. The van der Waals surface area contributed by atoms with Gasteiger partial charge in [-0.05, 0) is 13.8 Å². The molecule has 1 aromatic rings. The molecular formula is C15H28N4O. The van der Waals surface area contributed by atoms with E-state index < -0.39 is 0 Å². The minimum absolute atomic E-state index is 0.472. The van der Waals surface area contributed by atoms with Crippen molar-refractivity contribution in [2.75, 3.05) is 26.2 Å². The molecule has 0 saturated carbocycles. The first kappa shape index (κ1) is 15.5. The Bertz CT molecular complexity index is 394. The van der Waals surface area contributed by atoms with Crippen LogP contribution in [0, 0.1) is 0 Å². The number of piperazine rings is 1. The average molecular weight is 280 g/mol. The molecule has 2 heterocycles. The highest BCUT2D eigenvalue weighted by Crippen LogP contribution is 2.11. The molecule has 1 aliphatic rings. The minimum atomic E-state index is 0.472. The minimum Gasteiger partial charge on any atom is -0.360 e. The maximum Gasteiger partial charge on any atom is 0.151 e. The molecule has 0 unspecified atom stereocenters. The average Bonchev–Trinajstić information content (AvgIpc) is 2.84. The standard InChI is InChI=1S/C15H28N4O/c1-12(2)16-10-14-9-15(20-17-14)11-18-5-7-19(8-6-18)13(3)4/h9,12-13,16H,5-8,10-11H2,1-4H3. The first-order valence-corrected chi connectivity index (χ1v) is 7.69. The molecule has 0 aliphatic carbocycles. The van der Waals surface area contributed by atoms with Crippen LogP contribution in [0.5, 0.6) is 0 Å². The topological polar surface area (TPSA) is 44.5 Å². The predicted molar refractivity (Wildman–Crippen MR) is 80.5 cm³/mol. The van der Waals surface area contributed by atoms with Crippen LogP contribution in [0.25, 0.3) is 0 Å². The number of rotatable bonds is 6. The normalized spacial score (nSPS) is 18.3. The maximum atomic E-state index is 5.43. The summed E-state index contributed by atoms with van der Waals surface area (Å²) < 4.78 is 5.43. The van der Waals surface area contributed by atoms with Crippen molar-refractivity contribution in [3.05, 3.63) is 17.5 Å². The molecule has 1 saturated heterocycles. The van der Waals surface area contributed by atoms with E-state index in [1.165, 1.54) is 0 Å². The summed E-state index contributed by atoms with van der Waals surface area (Å²) in [5, 5.41) is 7.48. The second-order valence-corrected chi connectivity index (χ2v) is 6.23. The molecule has 1 N–H and O–H groups in total. The van der Waals surface area contributed by atoms with Crippen molar-refractivity contribution in [2.24, 2.45) is 0 Å². The smallest absolute Gasteiger partial charge is 0.151 e. The fraction of sp³-hybridized carbons (Fsp3) is 0.800. The van der Waals surface area contributed by atoms with Crippen LogP contribution in [-0.2, 0) is 13.1 Å². The van der Waals surface area contributed by atoms with Crippen LogP contribution in [0.15, 0.2) is 10.6 Å². The molecule has 114 valence electrons. The van der Waals surface area contributed by atoms with Gasteiger partial charge in [0.2, 0.25) is 0 Å². The summed E-state index contributed by atoms with van der Waals surface area (Å²) in [7, 11) is 0. The van der Waals surface area contributed by atoms with Gasteiger partial charge >= 0.3 is 0 Å². The molecule has 0 bridgehead atoms. The van der Waals surface area contributed by atoms with Crippen LogP contribution < -0.4 is 5.32 Å². The summed E-state index contributed by atoms with van der Waals surface area (Å²) in [6.07, 6.45) is 0.